The van der Waals surface area contributed by atoms with Crippen LogP contribution in [0.1, 0.15) is 13.8 Å². The zero-order valence-corrected chi connectivity index (χ0v) is 18.3. The minimum absolute atomic E-state index is 0.105. The minimum Gasteiger partial charge on any atom is -0.759 e. The summed E-state index contributed by atoms with van der Waals surface area (Å²) >= 11 is 0. The van der Waals surface area contributed by atoms with Crippen LogP contribution in [0.2, 0.25) is 0 Å². The quantitative estimate of drug-likeness (QED) is 0.0863. The lowest BCUT2D eigenvalue weighted by Crippen LogP contribution is -2.53. The molecular formula is C16H40N2O10S. The molecule has 0 aromatic rings. The van der Waals surface area contributed by atoms with Gasteiger partial charge in [0.25, 0.3) is 0 Å². The van der Waals surface area contributed by atoms with Crippen LogP contribution in [0.4, 0.5) is 0 Å². The van der Waals surface area contributed by atoms with Crippen molar-refractivity contribution in [3.63, 3.8) is 0 Å². The molecule has 0 aromatic heterocycles. The van der Waals surface area contributed by atoms with Gasteiger partial charge in [0, 0.05) is 10.4 Å². The number of rotatable bonds is 14. The lowest BCUT2D eigenvalue weighted by molar-refractivity contribution is -0.927. The van der Waals surface area contributed by atoms with Crippen molar-refractivity contribution in [3.8, 4) is 0 Å². The van der Waals surface area contributed by atoms with E-state index < -0.39 is 10.4 Å². The standard InChI is InChI=1S/2C8H20NO3.H2O4S/c2*1-2-9(3-6-10,4-7-11)5-8-12;1-5(2,3)4/h2*10-12H,2-8H2,1H3;(H2,1,2,3,4)/q2*+1;/p-2. The van der Waals surface area contributed by atoms with Gasteiger partial charge in [-0.25, -0.2) is 0 Å². The van der Waals surface area contributed by atoms with Gasteiger partial charge in [0.15, 0.2) is 0 Å². The maximum absolute atomic E-state index is 8.81. The van der Waals surface area contributed by atoms with Crippen LogP contribution in [0.25, 0.3) is 0 Å². The van der Waals surface area contributed by atoms with Crippen LogP contribution in [-0.4, -0.2) is 149 Å². The molecule has 0 aromatic carbocycles. The predicted molar refractivity (Wildman–Crippen MR) is 104 cm³/mol. The van der Waals surface area contributed by atoms with Gasteiger partial charge in [0.2, 0.25) is 0 Å². The third-order valence-electron chi connectivity index (χ3n) is 4.79. The third-order valence-corrected chi connectivity index (χ3v) is 4.79. The second-order valence-electron chi connectivity index (χ2n) is 6.41. The van der Waals surface area contributed by atoms with Crippen LogP contribution >= 0.6 is 0 Å². The lowest BCUT2D eigenvalue weighted by Gasteiger charge is -2.36. The molecule has 29 heavy (non-hydrogen) atoms. The molecule has 0 bridgehead atoms. The van der Waals surface area contributed by atoms with Crippen molar-refractivity contribution in [2.24, 2.45) is 0 Å². The lowest BCUT2D eigenvalue weighted by atomic mass is 10.3. The molecule has 12 nitrogen and oxygen atoms in total. The number of hydrogen-bond donors (Lipinski definition) is 6. The monoisotopic (exact) mass is 452 g/mol. The van der Waals surface area contributed by atoms with Gasteiger partial charge in [-0.15, -0.1) is 0 Å². The summed E-state index contributed by atoms with van der Waals surface area (Å²) < 4.78 is 35.3. The van der Waals surface area contributed by atoms with Gasteiger partial charge < -0.3 is 48.7 Å². The zero-order valence-electron chi connectivity index (χ0n) is 17.5. The van der Waals surface area contributed by atoms with E-state index in [9.17, 15) is 0 Å². The first-order valence-electron chi connectivity index (χ1n) is 9.51. The Morgan fingerprint density at radius 2 is 0.690 bits per heavy atom. The number of likely N-dealkylation sites (N-methyl/N-ethyl adjacent to an activating group) is 2. The summed E-state index contributed by atoms with van der Waals surface area (Å²) in [7, 11) is -5.17. The number of hydrogen-bond acceptors (Lipinski definition) is 10. The fraction of sp³-hybridized carbons (Fsp3) is 1.00. The Kier molecular flexibility index (Phi) is 22.3. The predicted octanol–water partition coefficient (Wildman–Crippen LogP) is -3.74. The Bertz CT molecular complexity index is 383. The molecule has 0 saturated heterocycles. The summed E-state index contributed by atoms with van der Waals surface area (Å²) in [5.74, 6) is 0. The Labute approximate surface area is 174 Å². The van der Waals surface area contributed by atoms with E-state index in [-0.39, 0.29) is 39.6 Å². The van der Waals surface area contributed by atoms with E-state index in [0.717, 1.165) is 13.1 Å². The molecule has 0 radical (unpaired) electrons. The molecule has 0 saturated carbocycles. The van der Waals surface area contributed by atoms with Crippen molar-refractivity contribution < 1.29 is 57.1 Å². The van der Waals surface area contributed by atoms with Gasteiger partial charge in [0.05, 0.1) is 52.7 Å². The summed E-state index contributed by atoms with van der Waals surface area (Å²) in [6.45, 7) is 9.95. The number of aliphatic hydroxyl groups excluding tert-OH is 6. The van der Waals surface area contributed by atoms with Crippen molar-refractivity contribution in [1.29, 1.82) is 0 Å². The van der Waals surface area contributed by atoms with Crippen molar-refractivity contribution in [2.45, 2.75) is 13.8 Å². The molecule has 0 rings (SSSR count). The fourth-order valence-corrected chi connectivity index (χ4v) is 2.89. The maximum atomic E-state index is 8.81. The van der Waals surface area contributed by atoms with Crippen LogP contribution in [0, 0.1) is 0 Å². The van der Waals surface area contributed by atoms with Crippen molar-refractivity contribution >= 4 is 10.4 Å². The van der Waals surface area contributed by atoms with Crippen LogP contribution < -0.4 is 0 Å². The van der Waals surface area contributed by atoms with E-state index >= 15 is 0 Å². The highest BCUT2D eigenvalue weighted by atomic mass is 32.3. The maximum Gasteiger partial charge on any atom is 0.102 e. The van der Waals surface area contributed by atoms with E-state index in [2.05, 4.69) is 0 Å². The highest BCUT2D eigenvalue weighted by Gasteiger charge is 2.23. The Hall–Kier alpha value is -0.450. The van der Waals surface area contributed by atoms with Crippen LogP contribution in [0.3, 0.4) is 0 Å². The molecule has 0 aliphatic carbocycles. The molecule has 0 aliphatic rings. The molecule has 0 aliphatic heterocycles. The second kappa shape index (κ2) is 19.5. The SMILES string of the molecule is CC[N+](CCO)(CCO)CCO.CC[N+](CCO)(CCO)CCO.O=S(=O)([O-])[O-]. The summed E-state index contributed by atoms with van der Waals surface area (Å²) in [6, 6.07) is 0. The first-order valence-corrected chi connectivity index (χ1v) is 10.8. The summed E-state index contributed by atoms with van der Waals surface area (Å²) in [4.78, 5) is 0. The van der Waals surface area contributed by atoms with Gasteiger partial charge in [-0.1, -0.05) is 0 Å². The van der Waals surface area contributed by atoms with E-state index in [1.54, 1.807) is 0 Å². The van der Waals surface area contributed by atoms with Crippen LogP contribution in [0.5, 0.6) is 0 Å². The highest BCUT2D eigenvalue weighted by molar-refractivity contribution is 7.79. The minimum atomic E-state index is -5.17. The second-order valence-corrected chi connectivity index (χ2v) is 7.22. The average Bonchev–Trinajstić information content (AvgIpc) is 2.62. The smallest absolute Gasteiger partial charge is 0.102 e. The van der Waals surface area contributed by atoms with Gasteiger partial charge in [0.1, 0.15) is 39.3 Å². The molecule has 0 atom stereocenters. The van der Waals surface area contributed by atoms with Crippen molar-refractivity contribution in [2.75, 3.05) is 92.0 Å². The van der Waals surface area contributed by atoms with Gasteiger partial charge >= 0.3 is 0 Å². The topological polar surface area (TPSA) is 202 Å². The Morgan fingerprint density at radius 3 is 0.759 bits per heavy atom. The number of aliphatic hydroxyl groups is 6. The molecular weight excluding hydrogens is 412 g/mol. The van der Waals surface area contributed by atoms with E-state index in [4.69, 9.17) is 48.2 Å². The average molecular weight is 453 g/mol. The van der Waals surface area contributed by atoms with Crippen molar-refractivity contribution in [3.05, 3.63) is 0 Å². The van der Waals surface area contributed by atoms with E-state index in [1.165, 1.54) is 0 Å². The molecule has 0 amide bonds. The van der Waals surface area contributed by atoms with Gasteiger partial charge in [-0.3, -0.25) is 8.42 Å². The van der Waals surface area contributed by atoms with Crippen LogP contribution in [0.15, 0.2) is 0 Å². The number of nitrogens with zero attached hydrogens (tertiary/aromatic N) is 2. The Morgan fingerprint density at radius 1 is 0.552 bits per heavy atom. The summed E-state index contributed by atoms with van der Waals surface area (Å²) in [5.41, 5.74) is 0. The first-order chi connectivity index (χ1) is 13.5. The summed E-state index contributed by atoms with van der Waals surface area (Å²) in [5, 5.41) is 52.8. The van der Waals surface area contributed by atoms with Gasteiger partial charge in [-0.2, -0.15) is 0 Å². The molecule has 0 fully saturated rings. The molecule has 0 unspecified atom stereocenters. The number of quaternary nitrogens is 2. The van der Waals surface area contributed by atoms with Crippen LogP contribution in [-0.2, 0) is 10.4 Å². The van der Waals surface area contributed by atoms with Gasteiger partial charge in [-0.05, 0) is 13.8 Å². The van der Waals surface area contributed by atoms with Crippen molar-refractivity contribution in [1.82, 2.24) is 0 Å². The zero-order chi connectivity index (χ0) is 23.4. The molecule has 6 N–H and O–H groups in total. The first kappa shape index (κ1) is 33.2. The molecule has 0 heterocycles. The fourth-order valence-electron chi connectivity index (χ4n) is 2.89. The Balaban J connectivity index is -0.000000380. The largest absolute Gasteiger partial charge is 0.759 e. The third kappa shape index (κ3) is 20.6. The summed E-state index contributed by atoms with van der Waals surface area (Å²) in [6.07, 6.45) is 0. The highest BCUT2D eigenvalue weighted by Crippen LogP contribution is 2.05. The van der Waals surface area contributed by atoms with E-state index in [0.29, 0.717) is 48.2 Å². The normalized spacial score (nSPS) is 11.9. The molecule has 0 spiro atoms. The molecule has 13 heteroatoms. The molecule has 180 valence electrons. The van der Waals surface area contributed by atoms with E-state index in [1.807, 2.05) is 13.8 Å².